The quantitative estimate of drug-likeness (QED) is 0.648. The van der Waals surface area contributed by atoms with Crippen LogP contribution in [0.5, 0.6) is 0 Å². The molecular formula is C13H10INO3S. The molecule has 2 rings (SSSR count). The summed E-state index contributed by atoms with van der Waals surface area (Å²) in [6.45, 7) is -0.290. The Morgan fingerprint density at radius 3 is 2.68 bits per heavy atom. The number of esters is 1. The summed E-state index contributed by atoms with van der Waals surface area (Å²) >= 11 is 3.40. The Hall–Kier alpha value is -1.41. The molecule has 0 unspecified atom stereocenters. The fourth-order valence-electron chi connectivity index (χ4n) is 1.35. The summed E-state index contributed by atoms with van der Waals surface area (Å²) in [5, 5.41) is 4.47. The fourth-order valence-corrected chi connectivity index (χ4v) is 2.48. The summed E-state index contributed by atoms with van der Waals surface area (Å²) in [5.41, 5.74) is 0.709. The van der Waals surface area contributed by atoms with Gasteiger partial charge in [-0.25, -0.2) is 4.79 Å². The largest absolute Gasteiger partial charge is 0.451 e. The maximum atomic E-state index is 11.7. The minimum atomic E-state index is -0.479. The third-order valence-electron chi connectivity index (χ3n) is 2.20. The van der Waals surface area contributed by atoms with Crippen LogP contribution < -0.4 is 5.32 Å². The second-order valence-corrected chi connectivity index (χ2v) is 5.69. The number of thiophene rings is 1. The molecule has 19 heavy (non-hydrogen) atoms. The van der Waals surface area contributed by atoms with Gasteiger partial charge in [-0.05, 0) is 46.2 Å². The lowest BCUT2D eigenvalue weighted by molar-refractivity contribution is -0.119. The Morgan fingerprint density at radius 2 is 2.00 bits per heavy atom. The molecule has 1 amide bonds. The van der Waals surface area contributed by atoms with Crippen LogP contribution in [0, 0.1) is 3.57 Å². The molecular weight excluding hydrogens is 377 g/mol. The van der Waals surface area contributed by atoms with Crippen molar-refractivity contribution in [2.45, 2.75) is 0 Å². The summed E-state index contributed by atoms with van der Waals surface area (Å²) in [4.78, 5) is 23.7. The molecule has 1 aromatic heterocycles. The van der Waals surface area contributed by atoms with Crippen molar-refractivity contribution in [2.75, 3.05) is 11.9 Å². The maximum absolute atomic E-state index is 11.7. The average Bonchev–Trinajstić information content (AvgIpc) is 2.93. The van der Waals surface area contributed by atoms with Crippen LogP contribution in [0.1, 0.15) is 9.67 Å². The van der Waals surface area contributed by atoms with Gasteiger partial charge in [0, 0.05) is 3.57 Å². The van der Waals surface area contributed by atoms with Crippen LogP contribution in [0.4, 0.5) is 5.69 Å². The number of amides is 1. The first kappa shape index (κ1) is 14.0. The molecule has 0 fully saturated rings. The normalized spacial score (nSPS) is 9.95. The Balaban J connectivity index is 1.86. The van der Waals surface area contributed by atoms with Gasteiger partial charge in [0.1, 0.15) is 4.88 Å². The molecule has 0 aliphatic carbocycles. The van der Waals surface area contributed by atoms with E-state index in [1.807, 2.05) is 18.2 Å². The van der Waals surface area contributed by atoms with Crippen molar-refractivity contribution in [3.8, 4) is 0 Å². The van der Waals surface area contributed by atoms with Gasteiger partial charge in [-0.15, -0.1) is 11.3 Å². The van der Waals surface area contributed by atoms with Crippen molar-refractivity contribution in [3.63, 3.8) is 0 Å². The molecule has 1 N–H and O–H groups in total. The molecule has 4 nitrogen and oxygen atoms in total. The molecule has 0 aliphatic rings. The smallest absolute Gasteiger partial charge is 0.348 e. The van der Waals surface area contributed by atoms with Crippen LogP contribution >= 0.6 is 33.9 Å². The van der Waals surface area contributed by atoms with E-state index in [2.05, 4.69) is 27.9 Å². The predicted octanol–water partition coefficient (Wildman–Crippen LogP) is 3.15. The number of hydrogen-bond acceptors (Lipinski definition) is 4. The van der Waals surface area contributed by atoms with Crippen molar-refractivity contribution in [1.82, 2.24) is 0 Å². The van der Waals surface area contributed by atoms with Gasteiger partial charge in [0.05, 0.1) is 5.69 Å². The Kier molecular flexibility index (Phi) is 4.92. The second-order valence-electron chi connectivity index (χ2n) is 3.58. The number of halogens is 1. The lowest BCUT2D eigenvalue weighted by Crippen LogP contribution is -2.21. The van der Waals surface area contributed by atoms with E-state index in [4.69, 9.17) is 4.74 Å². The summed E-state index contributed by atoms with van der Waals surface area (Å²) < 4.78 is 5.85. The number of rotatable bonds is 4. The van der Waals surface area contributed by atoms with E-state index < -0.39 is 5.97 Å². The molecule has 2 aromatic rings. The lowest BCUT2D eigenvalue weighted by Gasteiger charge is -2.07. The van der Waals surface area contributed by atoms with E-state index in [1.165, 1.54) is 11.3 Å². The highest BCUT2D eigenvalue weighted by Gasteiger charge is 2.11. The summed E-state index contributed by atoms with van der Waals surface area (Å²) in [5.74, 6) is -0.832. The van der Waals surface area contributed by atoms with Crippen LogP contribution in [-0.4, -0.2) is 18.5 Å². The van der Waals surface area contributed by atoms with Crippen LogP contribution in [0.15, 0.2) is 41.8 Å². The second kappa shape index (κ2) is 6.67. The number of anilines is 1. The zero-order valence-electron chi connectivity index (χ0n) is 9.76. The highest BCUT2D eigenvalue weighted by atomic mass is 127. The summed E-state index contributed by atoms with van der Waals surface area (Å²) in [6, 6.07) is 10.8. The molecule has 0 radical (unpaired) electrons. The highest BCUT2D eigenvalue weighted by Crippen LogP contribution is 2.16. The molecule has 0 atom stereocenters. The highest BCUT2D eigenvalue weighted by molar-refractivity contribution is 14.1. The Labute approximate surface area is 127 Å². The first-order valence-electron chi connectivity index (χ1n) is 5.42. The SMILES string of the molecule is O=C(COC(=O)c1cccs1)Nc1ccccc1I. The molecule has 0 saturated heterocycles. The van der Waals surface area contributed by atoms with Gasteiger partial charge >= 0.3 is 5.97 Å². The van der Waals surface area contributed by atoms with Crippen molar-refractivity contribution in [3.05, 3.63) is 50.2 Å². The van der Waals surface area contributed by atoms with Gasteiger partial charge in [0.25, 0.3) is 5.91 Å². The predicted molar refractivity (Wildman–Crippen MR) is 82.4 cm³/mol. The van der Waals surface area contributed by atoms with Crippen LogP contribution in [-0.2, 0) is 9.53 Å². The van der Waals surface area contributed by atoms with Gasteiger partial charge in [-0.3, -0.25) is 4.79 Å². The number of nitrogens with one attached hydrogen (secondary N) is 1. The first-order valence-corrected chi connectivity index (χ1v) is 7.37. The maximum Gasteiger partial charge on any atom is 0.348 e. The molecule has 0 saturated carbocycles. The van der Waals surface area contributed by atoms with E-state index in [9.17, 15) is 9.59 Å². The number of carbonyl (C=O) groups is 2. The fraction of sp³-hybridized carbons (Fsp3) is 0.0769. The topological polar surface area (TPSA) is 55.4 Å². The summed E-state index contributed by atoms with van der Waals surface area (Å²) in [6.07, 6.45) is 0. The molecule has 1 heterocycles. The van der Waals surface area contributed by atoms with Crippen LogP contribution in [0.25, 0.3) is 0 Å². The van der Waals surface area contributed by atoms with Crippen molar-refractivity contribution in [2.24, 2.45) is 0 Å². The zero-order valence-corrected chi connectivity index (χ0v) is 12.7. The third-order valence-corrected chi connectivity index (χ3v) is 4.00. The van der Waals surface area contributed by atoms with E-state index in [1.54, 1.807) is 23.6 Å². The monoisotopic (exact) mass is 387 g/mol. The molecule has 98 valence electrons. The van der Waals surface area contributed by atoms with Gasteiger partial charge in [-0.2, -0.15) is 0 Å². The van der Waals surface area contributed by atoms with Crippen LogP contribution in [0.3, 0.4) is 0 Å². The number of para-hydroxylation sites is 1. The van der Waals surface area contributed by atoms with Gasteiger partial charge in [0.2, 0.25) is 0 Å². The van der Waals surface area contributed by atoms with E-state index in [0.717, 1.165) is 3.57 Å². The van der Waals surface area contributed by atoms with Crippen LogP contribution in [0.2, 0.25) is 0 Å². The number of ether oxygens (including phenoxy) is 1. The Bertz CT molecular complexity index is 583. The van der Waals surface area contributed by atoms with E-state index in [0.29, 0.717) is 10.6 Å². The van der Waals surface area contributed by atoms with Gasteiger partial charge in [-0.1, -0.05) is 18.2 Å². The minimum Gasteiger partial charge on any atom is -0.451 e. The lowest BCUT2D eigenvalue weighted by atomic mass is 10.3. The third kappa shape index (κ3) is 4.03. The standard InChI is InChI=1S/C13H10INO3S/c14-9-4-1-2-5-10(9)15-12(16)8-18-13(17)11-6-3-7-19-11/h1-7H,8H2,(H,15,16). The molecule has 1 aromatic carbocycles. The Morgan fingerprint density at radius 1 is 1.21 bits per heavy atom. The van der Waals surface area contributed by atoms with E-state index in [-0.39, 0.29) is 12.5 Å². The van der Waals surface area contributed by atoms with E-state index >= 15 is 0 Å². The van der Waals surface area contributed by atoms with Gasteiger partial charge in [0.15, 0.2) is 6.61 Å². The minimum absolute atomic E-state index is 0.290. The summed E-state index contributed by atoms with van der Waals surface area (Å²) in [7, 11) is 0. The molecule has 0 bridgehead atoms. The average molecular weight is 387 g/mol. The van der Waals surface area contributed by atoms with Crippen molar-refractivity contribution in [1.29, 1.82) is 0 Å². The van der Waals surface area contributed by atoms with Gasteiger partial charge < -0.3 is 10.1 Å². The number of benzene rings is 1. The molecule has 0 spiro atoms. The van der Waals surface area contributed by atoms with Crippen molar-refractivity contribution < 1.29 is 14.3 Å². The zero-order chi connectivity index (χ0) is 13.7. The number of carbonyl (C=O) groups excluding carboxylic acids is 2. The first-order chi connectivity index (χ1) is 9.16. The number of hydrogen-bond donors (Lipinski definition) is 1. The van der Waals surface area contributed by atoms with Crippen molar-refractivity contribution >= 4 is 51.5 Å². The molecule has 6 heteroatoms. The molecule has 0 aliphatic heterocycles.